The van der Waals surface area contributed by atoms with Crippen LogP contribution in [0, 0.1) is 11.8 Å². The number of benzene rings is 1. The van der Waals surface area contributed by atoms with Crippen LogP contribution in [0.5, 0.6) is 0 Å². The van der Waals surface area contributed by atoms with Gasteiger partial charge in [-0.05, 0) is 42.0 Å². The lowest BCUT2D eigenvalue weighted by Crippen LogP contribution is -2.23. The SMILES string of the molecule is CCNC(c1ccc2c(c1)CC(=O)N2C)C1CC1C. The van der Waals surface area contributed by atoms with E-state index in [0.717, 1.165) is 24.1 Å². The molecule has 0 aromatic heterocycles. The lowest BCUT2D eigenvalue weighted by molar-refractivity contribution is -0.117. The number of nitrogens with zero attached hydrogens (tertiary/aromatic N) is 1. The molecule has 1 aromatic carbocycles. The summed E-state index contributed by atoms with van der Waals surface area (Å²) >= 11 is 0. The summed E-state index contributed by atoms with van der Waals surface area (Å²) in [6.07, 6.45) is 1.87. The number of carbonyl (C=O) groups excluding carboxylic acids is 1. The fraction of sp³-hybridized carbons (Fsp3) is 0.562. The summed E-state index contributed by atoms with van der Waals surface area (Å²) in [4.78, 5) is 13.5. The number of likely N-dealkylation sites (N-methyl/N-ethyl adjacent to an activating group) is 1. The molecule has 3 nitrogen and oxygen atoms in total. The van der Waals surface area contributed by atoms with Gasteiger partial charge in [-0.2, -0.15) is 0 Å². The van der Waals surface area contributed by atoms with Crippen molar-refractivity contribution >= 4 is 11.6 Å². The predicted octanol–water partition coefficient (Wildman–Crippen LogP) is 2.51. The number of anilines is 1. The normalized spacial score (nSPS) is 26.5. The molecule has 1 amide bonds. The van der Waals surface area contributed by atoms with Gasteiger partial charge in [0.05, 0.1) is 6.42 Å². The number of hydrogen-bond acceptors (Lipinski definition) is 2. The number of hydrogen-bond donors (Lipinski definition) is 1. The molecular weight excluding hydrogens is 236 g/mol. The van der Waals surface area contributed by atoms with Crippen LogP contribution in [0.3, 0.4) is 0 Å². The van der Waals surface area contributed by atoms with Gasteiger partial charge < -0.3 is 10.2 Å². The highest BCUT2D eigenvalue weighted by molar-refractivity contribution is 6.00. The second-order valence-electron chi connectivity index (χ2n) is 5.93. The van der Waals surface area contributed by atoms with Crippen molar-refractivity contribution in [3.8, 4) is 0 Å². The Bertz CT molecular complexity index is 511. The second-order valence-corrected chi connectivity index (χ2v) is 5.93. The molecule has 3 rings (SSSR count). The van der Waals surface area contributed by atoms with Gasteiger partial charge in [0.25, 0.3) is 0 Å². The molecule has 3 atom stereocenters. The highest BCUT2D eigenvalue weighted by Crippen LogP contribution is 2.47. The van der Waals surface area contributed by atoms with Gasteiger partial charge >= 0.3 is 0 Å². The van der Waals surface area contributed by atoms with Gasteiger partial charge in [-0.1, -0.05) is 26.0 Å². The number of fused-ring (bicyclic) bond motifs is 1. The molecule has 3 heteroatoms. The van der Waals surface area contributed by atoms with Crippen molar-refractivity contribution in [2.45, 2.75) is 32.7 Å². The molecule has 1 heterocycles. The molecule has 1 saturated carbocycles. The van der Waals surface area contributed by atoms with E-state index in [2.05, 4.69) is 37.4 Å². The van der Waals surface area contributed by atoms with Crippen molar-refractivity contribution in [1.82, 2.24) is 5.32 Å². The Balaban J connectivity index is 1.89. The van der Waals surface area contributed by atoms with E-state index in [1.165, 1.54) is 17.5 Å². The summed E-state index contributed by atoms with van der Waals surface area (Å²) in [5.41, 5.74) is 3.60. The van der Waals surface area contributed by atoms with Crippen LogP contribution in [0.25, 0.3) is 0 Å². The predicted molar refractivity (Wildman–Crippen MR) is 77.2 cm³/mol. The van der Waals surface area contributed by atoms with E-state index in [9.17, 15) is 4.79 Å². The minimum absolute atomic E-state index is 0.201. The zero-order chi connectivity index (χ0) is 13.6. The molecule has 1 aliphatic carbocycles. The van der Waals surface area contributed by atoms with Crippen LogP contribution < -0.4 is 10.2 Å². The average Bonchev–Trinajstić information content (AvgIpc) is 3.04. The number of rotatable bonds is 4. The number of amides is 1. The molecule has 0 bridgehead atoms. The van der Waals surface area contributed by atoms with Crippen LogP contribution in [0.1, 0.15) is 37.4 Å². The first-order valence-corrected chi connectivity index (χ1v) is 7.24. The molecule has 0 saturated heterocycles. The first-order chi connectivity index (χ1) is 9.11. The zero-order valence-electron chi connectivity index (χ0n) is 11.9. The summed E-state index contributed by atoms with van der Waals surface area (Å²) in [7, 11) is 1.86. The maximum Gasteiger partial charge on any atom is 0.231 e. The quantitative estimate of drug-likeness (QED) is 0.900. The Kier molecular flexibility index (Phi) is 3.09. The van der Waals surface area contributed by atoms with Crippen molar-refractivity contribution in [3.05, 3.63) is 29.3 Å². The van der Waals surface area contributed by atoms with E-state index in [0.29, 0.717) is 12.5 Å². The Hall–Kier alpha value is -1.35. The van der Waals surface area contributed by atoms with Crippen molar-refractivity contribution in [3.63, 3.8) is 0 Å². The fourth-order valence-electron chi connectivity index (χ4n) is 3.24. The average molecular weight is 258 g/mol. The van der Waals surface area contributed by atoms with Crippen molar-refractivity contribution < 1.29 is 4.79 Å². The molecule has 3 unspecified atom stereocenters. The summed E-state index contributed by atoms with van der Waals surface area (Å²) in [5, 5.41) is 3.61. The standard InChI is InChI=1S/C16H22N2O/c1-4-17-16(13-7-10(13)2)11-5-6-14-12(8-11)9-15(19)18(14)3/h5-6,8,10,13,16-17H,4,7,9H2,1-3H3. The van der Waals surface area contributed by atoms with Gasteiger partial charge in [-0.25, -0.2) is 0 Å². The molecule has 1 fully saturated rings. The highest BCUT2D eigenvalue weighted by atomic mass is 16.2. The Morgan fingerprint density at radius 3 is 2.84 bits per heavy atom. The van der Waals surface area contributed by atoms with Gasteiger partial charge in [-0.15, -0.1) is 0 Å². The first kappa shape index (κ1) is 12.7. The maximum atomic E-state index is 11.7. The van der Waals surface area contributed by atoms with Gasteiger partial charge in [0, 0.05) is 18.8 Å². The summed E-state index contributed by atoms with van der Waals surface area (Å²) < 4.78 is 0. The van der Waals surface area contributed by atoms with E-state index in [4.69, 9.17) is 0 Å². The number of carbonyl (C=O) groups is 1. The minimum Gasteiger partial charge on any atom is -0.315 e. The van der Waals surface area contributed by atoms with Gasteiger partial charge in [-0.3, -0.25) is 4.79 Å². The summed E-state index contributed by atoms with van der Waals surface area (Å²) in [5.74, 6) is 1.78. The lowest BCUT2D eigenvalue weighted by Gasteiger charge is -2.19. The van der Waals surface area contributed by atoms with E-state index < -0.39 is 0 Å². The molecule has 19 heavy (non-hydrogen) atoms. The van der Waals surface area contributed by atoms with Crippen LogP contribution in [-0.2, 0) is 11.2 Å². The van der Waals surface area contributed by atoms with E-state index >= 15 is 0 Å². The minimum atomic E-state index is 0.201. The second kappa shape index (κ2) is 4.64. The largest absolute Gasteiger partial charge is 0.315 e. The van der Waals surface area contributed by atoms with Crippen molar-refractivity contribution in [2.75, 3.05) is 18.5 Å². The third-order valence-electron chi connectivity index (χ3n) is 4.56. The Morgan fingerprint density at radius 2 is 2.21 bits per heavy atom. The molecule has 1 N–H and O–H groups in total. The monoisotopic (exact) mass is 258 g/mol. The molecule has 102 valence electrons. The first-order valence-electron chi connectivity index (χ1n) is 7.24. The van der Waals surface area contributed by atoms with E-state index in [1.807, 2.05) is 7.05 Å². The van der Waals surface area contributed by atoms with Gasteiger partial charge in [0.15, 0.2) is 0 Å². The van der Waals surface area contributed by atoms with Crippen LogP contribution in [0.15, 0.2) is 18.2 Å². The van der Waals surface area contributed by atoms with Crippen LogP contribution in [0.2, 0.25) is 0 Å². The Labute approximate surface area is 115 Å². The molecule has 1 aromatic rings. The third kappa shape index (κ3) is 2.16. The lowest BCUT2D eigenvalue weighted by atomic mass is 9.98. The van der Waals surface area contributed by atoms with Gasteiger partial charge in [0.2, 0.25) is 5.91 Å². The maximum absolute atomic E-state index is 11.7. The molecular formula is C16H22N2O. The highest BCUT2D eigenvalue weighted by Gasteiger charge is 2.40. The van der Waals surface area contributed by atoms with E-state index in [-0.39, 0.29) is 5.91 Å². The smallest absolute Gasteiger partial charge is 0.231 e. The molecule has 0 spiro atoms. The Morgan fingerprint density at radius 1 is 1.47 bits per heavy atom. The van der Waals surface area contributed by atoms with Crippen molar-refractivity contribution in [1.29, 1.82) is 0 Å². The fourth-order valence-corrected chi connectivity index (χ4v) is 3.24. The third-order valence-corrected chi connectivity index (χ3v) is 4.56. The van der Waals surface area contributed by atoms with Crippen LogP contribution in [0.4, 0.5) is 5.69 Å². The van der Waals surface area contributed by atoms with Crippen LogP contribution >= 0.6 is 0 Å². The molecule has 1 aliphatic heterocycles. The van der Waals surface area contributed by atoms with Crippen molar-refractivity contribution in [2.24, 2.45) is 11.8 Å². The van der Waals surface area contributed by atoms with E-state index in [1.54, 1.807) is 4.90 Å². The molecule has 0 radical (unpaired) electrons. The topological polar surface area (TPSA) is 32.3 Å². The summed E-state index contributed by atoms with van der Waals surface area (Å²) in [6.45, 7) is 5.47. The van der Waals surface area contributed by atoms with Gasteiger partial charge in [0.1, 0.15) is 0 Å². The molecule has 2 aliphatic rings. The zero-order valence-corrected chi connectivity index (χ0v) is 11.9. The number of nitrogens with one attached hydrogen (secondary N) is 1. The summed E-state index contributed by atoms with van der Waals surface area (Å²) in [6, 6.07) is 6.97. The van der Waals surface area contributed by atoms with Crippen LogP contribution in [-0.4, -0.2) is 19.5 Å².